The first-order chi connectivity index (χ1) is 8.95. The number of rotatable bonds is 1. The van der Waals surface area contributed by atoms with Gasteiger partial charge in [0.1, 0.15) is 11.6 Å². The number of halogens is 2. The van der Waals surface area contributed by atoms with Crippen LogP contribution in [0.25, 0.3) is 0 Å². The summed E-state index contributed by atoms with van der Waals surface area (Å²) in [5, 5.41) is 2.44. The molecule has 1 fully saturated rings. The first-order valence-electron chi connectivity index (χ1n) is 6.12. The van der Waals surface area contributed by atoms with Gasteiger partial charge in [-0.1, -0.05) is 0 Å². The Hall–Kier alpha value is -1.69. The number of anilines is 1. The highest BCUT2D eigenvalue weighted by Gasteiger charge is 2.26. The summed E-state index contributed by atoms with van der Waals surface area (Å²) in [5.41, 5.74) is -0.0294. The van der Waals surface area contributed by atoms with Crippen LogP contribution in [0.2, 0.25) is 0 Å². The molecule has 104 valence electrons. The zero-order valence-corrected chi connectivity index (χ0v) is 10.8. The van der Waals surface area contributed by atoms with Gasteiger partial charge in [0, 0.05) is 19.2 Å². The van der Waals surface area contributed by atoms with E-state index in [-0.39, 0.29) is 17.9 Å². The number of carbonyl (C=O) groups excluding carboxylic acids is 1. The summed E-state index contributed by atoms with van der Waals surface area (Å²) in [4.78, 5) is 13.6. The van der Waals surface area contributed by atoms with E-state index in [0.29, 0.717) is 13.1 Å². The zero-order chi connectivity index (χ0) is 14.0. The molecule has 0 unspecified atom stereocenters. The van der Waals surface area contributed by atoms with E-state index in [9.17, 15) is 13.6 Å². The summed E-state index contributed by atoms with van der Waals surface area (Å²) in [6, 6.07) is 2.63. The molecule has 1 aliphatic rings. The average molecular weight is 270 g/mol. The van der Waals surface area contributed by atoms with Crippen molar-refractivity contribution < 1.29 is 18.3 Å². The van der Waals surface area contributed by atoms with Crippen LogP contribution >= 0.6 is 0 Å². The van der Waals surface area contributed by atoms with Crippen molar-refractivity contribution in [1.29, 1.82) is 0 Å². The molecule has 1 aromatic carbocycles. The highest BCUT2D eigenvalue weighted by molar-refractivity contribution is 5.89. The van der Waals surface area contributed by atoms with Crippen LogP contribution in [0.1, 0.15) is 13.8 Å². The van der Waals surface area contributed by atoms with E-state index < -0.39 is 17.7 Å². The monoisotopic (exact) mass is 270 g/mol. The molecular weight excluding hydrogens is 254 g/mol. The van der Waals surface area contributed by atoms with Crippen LogP contribution in [0.3, 0.4) is 0 Å². The molecule has 1 saturated heterocycles. The second-order valence-electron chi connectivity index (χ2n) is 4.72. The topological polar surface area (TPSA) is 41.6 Å². The summed E-state index contributed by atoms with van der Waals surface area (Å²) in [6.45, 7) is 4.63. The minimum Gasteiger partial charge on any atom is -0.372 e. The predicted octanol–water partition coefficient (Wildman–Crippen LogP) is 2.61. The quantitative estimate of drug-likeness (QED) is 0.852. The van der Waals surface area contributed by atoms with E-state index >= 15 is 0 Å². The minimum absolute atomic E-state index is 0.0294. The van der Waals surface area contributed by atoms with Crippen molar-refractivity contribution >= 4 is 11.7 Å². The maximum atomic E-state index is 13.4. The van der Waals surface area contributed by atoms with Gasteiger partial charge in [-0.3, -0.25) is 0 Å². The van der Waals surface area contributed by atoms with Gasteiger partial charge in [0.2, 0.25) is 0 Å². The van der Waals surface area contributed by atoms with Crippen molar-refractivity contribution in [3.05, 3.63) is 29.8 Å². The van der Waals surface area contributed by atoms with Gasteiger partial charge in [-0.2, -0.15) is 0 Å². The molecule has 2 rings (SSSR count). The molecule has 6 heteroatoms. The lowest BCUT2D eigenvalue weighted by Crippen LogP contribution is -2.49. The number of hydrogen-bond acceptors (Lipinski definition) is 2. The Labute approximate surface area is 110 Å². The molecule has 1 heterocycles. The van der Waals surface area contributed by atoms with Gasteiger partial charge in [0.25, 0.3) is 0 Å². The number of amides is 2. The summed E-state index contributed by atoms with van der Waals surface area (Å²) >= 11 is 0. The smallest absolute Gasteiger partial charge is 0.322 e. The molecular formula is C13H16F2N2O2. The molecule has 19 heavy (non-hydrogen) atoms. The maximum Gasteiger partial charge on any atom is 0.322 e. The van der Waals surface area contributed by atoms with Crippen LogP contribution in [-0.2, 0) is 4.74 Å². The van der Waals surface area contributed by atoms with E-state index in [1.54, 1.807) is 4.90 Å². The molecule has 2 atom stereocenters. The molecule has 0 bridgehead atoms. The first kappa shape index (κ1) is 13.7. The number of nitrogens with zero attached hydrogens (tertiary/aromatic N) is 1. The van der Waals surface area contributed by atoms with E-state index in [2.05, 4.69) is 5.32 Å². The van der Waals surface area contributed by atoms with Gasteiger partial charge in [-0.15, -0.1) is 0 Å². The van der Waals surface area contributed by atoms with Gasteiger partial charge in [0.05, 0.1) is 17.9 Å². The SMILES string of the molecule is C[C@@H]1CN(C(=O)Nc2ccc(F)cc2F)C[C@H](C)O1. The molecule has 1 N–H and O–H groups in total. The standard InChI is InChI=1S/C13H16F2N2O2/c1-8-6-17(7-9(2)19-8)13(18)16-12-4-3-10(14)5-11(12)15/h3-5,8-9H,6-7H2,1-2H3,(H,16,18)/t8-,9+. The lowest BCUT2D eigenvalue weighted by atomic mass is 10.2. The van der Waals surface area contributed by atoms with Crippen molar-refractivity contribution in [2.75, 3.05) is 18.4 Å². The summed E-state index contributed by atoms with van der Waals surface area (Å²) in [5.74, 6) is -1.47. The van der Waals surface area contributed by atoms with Gasteiger partial charge in [0.15, 0.2) is 0 Å². The normalized spacial score (nSPS) is 23.3. The largest absolute Gasteiger partial charge is 0.372 e. The average Bonchev–Trinajstić information content (AvgIpc) is 2.31. The lowest BCUT2D eigenvalue weighted by molar-refractivity contribution is -0.0530. The second kappa shape index (κ2) is 5.52. The van der Waals surface area contributed by atoms with Crippen LogP contribution in [0.15, 0.2) is 18.2 Å². The number of carbonyl (C=O) groups is 1. The zero-order valence-electron chi connectivity index (χ0n) is 10.8. The Kier molecular flexibility index (Phi) is 3.99. The molecule has 4 nitrogen and oxygen atoms in total. The number of hydrogen-bond donors (Lipinski definition) is 1. The molecule has 0 spiro atoms. The number of urea groups is 1. The van der Waals surface area contributed by atoms with E-state index in [1.165, 1.54) is 6.07 Å². The Morgan fingerprint density at radius 2 is 1.95 bits per heavy atom. The van der Waals surface area contributed by atoms with Crippen molar-refractivity contribution in [3.8, 4) is 0 Å². The fraction of sp³-hybridized carbons (Fsp3) is 0.462. The van der Waals surface area contributed by atoms with E-state index in [1.807, 2.05) is 13.8 Å². The van der Waals surface area contributed by atoms with Gasteiger partial charge >= 0.3 is 6.03 Å². The fourth-order valence-electron chi connectivity index (χ4n) is 2.13. The highest BCUT2D eigenvalue weighted by Crippen LogP contribution is 2.17. The summed E-state index contributed by atoms with van der Waals surface area (Å²) in [6.07, 6.45) is -0.125. The molecule has 2 amide bonds. The van der Waals surface area contributed by atoms with Crippen LogP contribution in [-0.4, -0.2) is 36.2 Å². The van der Waals surface area contributed by atoms with Gasteiger partial charge < -0.3 is 15.0 Å². The van der Waals surface area contributed by atoms with Crippen molar-refractivity contribution in [2.24, 2.45) is 0 Å². The Morgan fingerprint density at radius 3 is 2.53 bits per heavy atom. The maximum absolute atomic E-state index is 13.4. The number of benzene rings is 1. The molecule has 0 radical (unpaired) electrons. The third-order valence-electron chi connectivity index (χ3n) is 2.88. The number of ether oxygens (including phenoxy) is 1. The van der Waals surface area contributed by atoms with Gasteiger partial charge in [-0.25, -0.2) is 13.6 Å². The van der Waals surface area contributed by atoms with Crippen molar-refractivity contribution in [3.63, 3.8) is 0 Å². The molecule has 1 aliphatic heterocycles. The molecule has 0 saturated carbocycles. The first-order valence-corrected chi connectivity index (χ1v) is 6.12. The summed E-state index contributed by atoms with van der Waals surface area (Å²) in [7, 11) is 0. The second-order valence-corrected chi connectivity index (χ2v) is 4.72. The van der Waals surface area contributed by atoms with Crippen LogP contribution in [0.4, 0.5) is 19.3 Å². The molecule has 0 aliphatic carbocycles. The van der Waals surface area contributed by atoms with E-state index in [0.717, 1.165) is 12.1 Å². The van der Waals surface area contributed by atoms with Crippen LogP contribution < -0.4 is 5.32 Å². The van der Waals surface area contributed by atoms with E-state index in [4.69, 9.17) is 4.74 Å². The fourth-order valence-corrected chi connectivity index (χ4v) is 2.13. The molecule has 0 aromatic heterocycles. The van der Waals surface area contributed by atoms with Crippen LogP contribution in [0.5, 0.6) is 0 Å². The highest BCUT2D eigenvalue weighted by atomic mass is 19.1. The van der Waals surface area contributed by atoms with Gasteiger partial charge in [-0.05, 0) is 26.0 Å². The Bertz CT molecular complexity index is 472. The number of nitrogens with one attached hydrogen (secondary N) is 1. The van der Waals surface area contributed by atoms with Crippen molar-refractivity contribution in [2.45, 2.75) is 26.1 Å². The Morgan fingerprint density at radius 1 is 1.32 bits per heavy atom. The third kappa shape index (κ3) is 3.41. The Balaban J connectivity index is 2.04. The minimum atomic E-state index is -0.789. The predicted molar refractivity (Wildman–Crippen MR) is 67.0 cm³/mol. The number of morpholine rings is 1. The lowest BCUT2D eigenvalue weighted by Gasteiger charge is -2.35. The van der Waals surface area contributed by atoms with Crippen LogP contribution in [0, 0.1) is 11.6 Å². The van der Waals surface area contributed by atoms with Crippen molar-refractivity contribution in [1.82, 2.24) is 4.90 Å². The molecule has 1 aromatic rings. The third-order valence-corrected chi connectivity index (χ3v) is 2.88. The summed E-state index contributed by atoms with van der Waals surface area (Å²) < 4.78 is 31.7.